The van der Waals surface area contributed by atoms with Crippen LogP contribution in [0, 0.1) is 11.6 Å². The van der Waals surface area contributed by atoms with Crippen molar-refractivity contribution in [1.29, 1.82) is 0 Å². The summed E-state index contributed by atoms with van der Waals surface area (Å²) in [6, 6.07) is 8.27. The lowest BCUT2D eigenvalue weighted by Crippen LogP contribution is -2.39. The Morgan fingerprint density at radius 1 is 1.17 bits per heavy atom. The zero-order valence-electron chi connectivity index (χ0n) is 16.1. The molecule has 0 fully saturated rings. The standard InChI is InChI=1S/C20H18F2N4O3S/c1-10(19(24)28)26(12-5-3-11(21)4-6-12)20-25-18(23)17(30-20)16(27)14-8-7-13(29-2)9-15(14)22/h3-10H,23H2,1-2H3,(H2,24,28)/t10-/m1/s1. The molecule has 0 unspecified atom stereocenters. The predicted octanol–water partition coefficient (Wildman–Crippen LogP) is 3.26. The molecule has 30 heavy (non-hydrogen) atoms. The monoisotopic (exact) mass is 432 g/mol. The van der Waals surface area contributed by atoms with Crippen molar-refractivity contribution in [2.45, 2.75) is 13.0 Å². The quantitative estimate of drug-likeness (QED) is 0.555. The molecule has 0 radical (unpaired) electrons. The fourth-order valence-electron chi connectivity index (χ4n) is 2.74. The van der Waals surface area contributed by atoms with E-state index in [9.17, 15) is 18.4 Å². The van der Waals surface area contributed by atoms with Gasteiger partial charge in [-0.2, -0.15) is 0 Å². The summed E-state index contributed by atoms with van der Waals surface area (Å²) in [7, 11) is 1.38. The van der Waals surface area contributed by atoms with Gasteiger partial charge < -0.3 is 21.1 Å². The molecule has 0 bridgehead atoms. The maximum absolute atomic E-state index is 14.3. The highest BCUT2D eigenvalue weighted by atomic mass is 32.1. The Morgan fingerprint density at radius 2 is 1.83 bits per heavy atom. The number of primary amides is 1. The van der Waals surface area contributed by atoms with Gasteiger partial charge in [0.05, 0.1) is 12.7 Å². The number of carbonyl (C=O) groups excluding carboxylic acids is 2. The number of ketones is 1. The number of hydrogen-bond acceptors (Lipinski definition) is 7. The molecule has 1 atom stereocenters. The molecular weight excluding hydrogens is 414 g/mol. The van der Waals surface area contributed by atoms with Crippen molar-refractivity contribution in [3.63, 3.8) is 0 Å². The Bertz CT molecular complexity index is 1100. The molecule has 0 saturated heterocycles. The van der Waals surface area contributed by atoms with Crippen LogP contribution in [0.5, 0.6) is 5.75 Å². The van der Waals surface area contributed by atoms with Crippen molar-refractivity contribution in [1.82, 2.24) is 4.98 Å². The molecule has 0 aliphatic heterocycles. The summed E-state index contributed by atoms with van der Waals surface area (Å²) in [5.74, 6) is -2.42. The first-order valence-corrected chi connectivity index (χ1v) is 9.53. The number of carbonyl (C=O) groups is 2. The van der Waals surface area contributed by atoms with E-state index in [1.807, 2.05) is 0 Å². The lowest BCUT2D eigenvalue weighted by Gasteiger charge is -2.26. The van der Waals surface area contributed by atoms with E-state index in [0.29, 0.717) is 5.69 Å². The van der Waals surface area contributed by atoms with Gasteiger partial charge in [0.2, 0.25) is 11.7 Å². The summed E-state index contributed by atoms with van der Waals surface area (Å²) in [5.41, 5.74) is 11.6. The molecule has 4 N–H and O–H groups in total. The Morgan fingerprint density at radius 3 is 2.40 bits per heavy atom. The van der Waals surface area contributed by atoms with Crippen molar-refractivity contribution in [2.24, 2.45) is 5.73 Å². The van der Waals surface area contributed by atoms with Crippen molar-refractivity contribution in [3.8, 4) is 5.75 Å². The van der Waals surface area contributed by atoms with Crippen LogP contribution in [-0.4, -0.2) is 29.8 Å². The van der Waals surface area contributed by atoms with E-state index < -0.39 is 29.4 Å². The van der Waals surface area contributed by atoms with E-state index in [-0.39, 0.29) is 27.1 Å². The van der Waals surface area contributed by atoms with Crippen molar-refractivity contribution in [3.05, 3.63) is 64.5 Å². The minimum Gasteiger partial charge on any atom is -0.497 e. The third-order valence-electron chi connectivity index (χ3n) is 4.38. The number of nitrogens with zero attached hydrogens (tertiary/aromatic N) is 2. The number of benzene rings is 2. The Balaban J connectivity index is 2.04. The summed E-state index contributed by atoms with van der Waals surface area (Å²) in [6.07, 6.45) is 0. The van der Waals surface area contributed by atoms with E-state index in [4.69, 9.17) is 16.2 Å². The summed E-state index contributed by atoms with van der Waals surface area (Å²) in [6.45, 7) is 1.54. The van der Waals surface area contributed by atoms with E-state index in [2.05, 4.69) is 4.98 Å². The van der Waals surface area contributed by atoms with Gasteiger partial charge in [-0.15, -0.1) is 0 Å². The highest BCUT2D eigenvalue weighted by molar-refractivity contribution is 7.18. The molecule has 1 amide bonds. The highest BCUT2D eigenvalue weighted by Crippen LogP contribution is 2.36. The van der Waals surface area contributed by atoms with Gasteiger partial charge in [0.15, 0.2) is 5.13 Å². The summed E-state index contributed by atoms with van der Waals surface area (Å²) in [5, 5.41) is 0.183. The van der Waals surface area contributed by atoms with Gasteiger partial charge in [0.1, 0.15) is 34.1 Å². The fraction of sp³-hybridized carbons (Fsp3) is 0.150. The molecule has 0 spiro atoms. The average Bonchev–Trinajstić information content (AvgIpc) is 3.09. The zero-order chi connectivity index (χ0) is 22.0. The number of rotatable bonds is 7. The third-order valence-corrected chi connectivity index (χ3v) is 5.45. The van der Waals surface area contributed by atoms with Crippen LogP contribution < -0.4 is 21.1 Å². The first-order chi connectivity index (χ1) is 14.2. The molecule has 0 saturated carbocycles. The van der Waals surface area contributed by atoms with Crippen LogP contribution in [-0.2, 0) is 4.79 Å². The van der Waals surface area contributed by atoms with Gasteiger partial charge in [-0.3, -0.25) is 9.59 Å². The second kappa shape index (κ2) is 8.46. The van der Waals surface area contributed by atoms with E-state index in [1.54, 1.807) is 0 Å². The second-order valence-electron chi connectivity index (χ2n) is 6.31. The van der Waals surface area contributed by atoms with Gasteiger partial charge in [0.25, 0.3) is 0 Å². The van der Waals surface area contributed by atoms with E-state index in [0.717, 1.165) is 17.4 Å². The SMILES string of the molecule is COc1ccc(C(=O)c2sc(N(c3ccc(F)cc3)[C@H](C)C(N)=O)nc2N)c(F)c1. The molecule has 3 aromatic rings. The number of thiazole rings is 1. The van der Waals surface area contributed by atoms with E-state index >= 15 is 0 Å². The predicted molar refractivity (Wildman–Crippen MR) is 110 cm³/mol. The average molecular weight is 432 g/mol. The molecule has 1 heterocycles. The second-order valence-corrected chi connectivity index (χ2v) is 7.29. The minimum absolute atomic E-state index is 0.00199. The highest BCUT2D eigenvalue weighted by Gasteiger charge is 2.28. The number of aromatic nitrogens is 1. The minimum atomic E-state index is -0.873. The lowest BCUT2D eigenvalue weighted by atomic mass is 10.1. The molecule has 156 valence electrons. The van der Waals surface area contributed by atoms with Gasteiger partial charge in [-0.05, 0) is 43.3 Å². The van der Waals surface area contributed by atoms with Crippen LogP contribution >= 0.6 is 11.3 Å². The number of amides is 1. The molecule has 10 heteroatoms. The summed E-state index contributed by atoms with van der Waals surface area (Å²) < 4.78 is 32.6. The van der Waals surface area contributed by atoms with Gasteiger partial charge in [-0.1, -0.05) is 11.3 Å². The first-order valence-electron chi connectivity index (χ1n) is 8.71. The van der Waals surface area contributed by atoms with Crippen molar-refractivity contribution >= 4 is 39.7 Å². The topological polar surface area (TPSA) is 112 Å². The number of anilines is 3. The number of nitrogen functional groups attached to an aromatic ring is 1. The molecule has 2 aromatic carbocycles. The van der Waals surface area contributed by atoms with Gasteiger partial charge in [-0.25, -0.2) is 13.8 Å². The van der Waals surface area contributed by atoms with Crippen LogP contribution in [0.2, 0.25) is 0 Å². The van der Waals surface area contributed by atoms with Gasteiger partial charge in [0, 0.05) is 11.8 Å². The Labute approximate surface area is 174 Å². The molecular formula is C20H18F2N4O3S. The van der Waals surface area contributed by atoms with Crippen LogP contribution in [0.3, 0.4) is 0 Å². The van der Waals surface area contributed by atoms with Crippen LogP contribution in [0.1, 0.15) is 22.2 Å². The number of halogens is 2. The summed E-state index contributed by atoms with van der Waals surface area (Å²) >= 11 is 0.875. The number of nitrogens with two attached hydrogens (primary N) is 2. The maximum atomic E-state index is 14.3. The first kappa shape index (κ1) is 21.2. The number of methoxy groups -OCH3 is 1. The van der Waals surface area contributed by atoms with Crippen LogP contribution in [0.25, 0.3) is 0 Å². The maximum Gasteiger partial charge on any atom is 0.240 e. The number of hydrogen-bond donors (Lipinski definition) is 2. The van der Waals surface area contributed by atoms with Crippen molar-refractivity contribution in [2.75, 3.05) is 17.7 Å². The molecule has 0 aliphatic carbocycles. The largest absolute Gasteiger partial charge is 0.497 e. The number of ether oxygens (including phenoxy) is 1. The Hall–Kier alpha value is -3.53. The summed E-state index contributed by atoms with van der Waals surface area (Å²) in [4.78, 5) is 30.3. The molecule has 0 aliphatic rings. The Kier molecular flexibility index (Phi) is 5.97. The van der Waals surface area contributed by atoms with E-state index in [1.165, 1.54) is 55.3 Å². The molecule has 3 rings (SSSR count). The zero-order valence-corrected chi connectivity index (χ0v) is 16.9. The van der Waals surface area contributed by atoms with Gasteiger partial charge >= 0.3 is 0 Å². The fourth-order valence-corrected chi connectivity index (χ4v) is 3.79. The van der Waals surface area contributed by atoms with Crippen LogP contribution in [0.15, 0.2) is 42.5 Å². The normalized spacial score (nSPS) is 11.7. The smallest absolute Gasteiger partial charge is 0.240 e. The van der Waals surface area contributed by atoms with Crippen LogP contribution in [0.4, 0.5) is 25.4 Å². The molecule has 7 nitrogen and oxygen atoms in total. The third kappa shape index (κ3) is 4.08. The lowest BCUT2D eigenvalue weighted by molar-refractivity contribution is -0.118. The van der Waals surface area contributed by atoms with Crippen molar-refractivity contribution < 1.29 is 23.1 Å². The molecule has 1 aromatic heterocycles.